The molecule has 0 saturated heterocycles. The van der Waals surface area contributed by atoms with Crippen molar-refractivity contribution in [3.63, 3.8) is 0 Å². The van der Waals surface area contributed by atoms with Gasteiger partial charge in [-0.15, -0.1) is 0 Å². The van der Waals surface area contributed by atoms with Gasteiger partial charge in [0.15, 0.2) is 0 Å². The second kappa shape index (κ2) is 3.46. The van der Waals surface area contributed by atoms with Crippen molar-refractivity contribution in [1.29, 1.82) is 0 Å². The smallest absolute Gasteiger partial charge is 0.315 e. The van der Waals surface area contributed by atoms with Gasteiger partial charge in [0.05, 0.1) is 6.42 Å². The lowest BCUT2D eigenvalue weighted by Crippen LogP contribution is -1.93. The molecule has 0 radical (unpaired) electrons. The van der Waals surface area contributed by atoms with Crippen LogP contribution in [-0.4, -0.2) is 12.3 Å². The average molecular weight is 188 g/mol. The van der Waals surface area contributed by atoms with E-state index in [4.69, 9.17) is 4.74 Å². The molecule has 1 aliphatic rings. The number of rotatable bonds is 2. The monoisotopic (exact) mass is 188 g/mol. The van der Waals surface area contributed by atoms with Crippen molar-refractivity contribution >= 4 is 18.0 Å². The summed E-state index contributed by atoms with van der Waals surface area (Å²) in [5, 5.41) is 0. The minimum atomic E-state index is -0.237. The van der Waals surface area contributed by atoms with Crippen LogP contribution in [0.25, 0.3) is 5.76 Å². The number of benzene rings is 1. The molecule has 0 saturated carbocycles. The van der Waals surface area contributed by atoms with Gasteiger partial charge in [0.2, 0.25) is 0 Å². The lowest BCUT2D eigenvalue weighted by Gasteiger charge is -2.01. The van der Waals surface area contributed by atoms with Crippen LogP contribution >= 0.6 is 0 Å². The van der Waals surface area contributed by atoms with Crippen LogP contribution in [0.2, 0.25) is 0 Å². The molecule has 0 bridgehead atoms. The van der Waals surface area contributed by atoms with Crippen LogP contribution in [0.3, 0.4) is 0 Å². The predicted octanol–water partition coefficient (Wildman–Crippen LogP) is 1.79. The number of hydrogen-bond donors (Lipinski definition) is 0. The third kappa shape index (κ3) is 1.57. The molecule has 1 heterocycles. The third-order valence-corrected chi connectivity index (χ3v) is 2.01. The van der Waals surface area contributed by atoms with Crippen LogP contribution in [0.1, 0.15) is 22.3 Å². The summed E-state index contributed by atoms with van der Waals surface area (Å²) in [6.45, 7) is 0. The van der Waals surface area contributed by atoms with Gasteiger partial charge in [0.1, 0.15) is 12.0 Å². The van der Waals surface area contributed by atoms with Crippen LogP contribution in [0.15, 0.2) is 30.3 Å². The van der Waals surface area contributed by atoms with Crippen molar-refractivity contribution in [2.45, 2.75) is 6.42 Å². The molecule has 0 spiro atoms. The van der Waals surface area contributed by atoms with Crippen LogP contribution in [0.4, 0.5) is 0 Å². The van der Waals surface area contributed by atoms with Gasteiger partial charge in [-0.2, -0.15) is 0 Å². The van der Waals surface area contributed by atoms with Crippen LogP contribution < -0.4 is 0 Å². The molecule has 1 aromatic rings. The number of esters is 1. The second-order valence-corrected chi connectivity index (χ2v) is 2.99. The Labute approximate surface area is 81.0 Å². The molecule has 3 heteroatoms. The summed E-state index contributed by atoms with van der Waals surface area (Å²) in [5.41, 5.74) is 1.43. The fourth-order valence-electron chi connectivity index (χ4n) is 1.28. The lowest BCUT2D eigenvalue weighted by atomic mass is 10.1. The van der Waals surface area contributed by atoms with Crippen molar-refractivity contribution in [3.8, 4) is 0 Å². The van der Waals surface area contributed by atoms with E-state index in [0.717, 1.165) is 11.8 Å². The first-order valence-electron chi connectivity index (χ1n) is 4.26. The zero-order chi connectivity index (χ0) is 9.97. The van der Waals surface area contributed by atoms with Gasteiger partial charge in [-0.1, -0.05) is 24.3 Å². The Kier molecular flexibility index (Phi) is 2.14. The highest BCUT2D eigenvalue weighted by Gasteiger charge is 2.15. The molecule has 1 aliphatic heterocycles. The third-order valence-electron chi connectivity index (χ3n) is 2.01. The summed E-state index contributed by atoms with van der Waals surface area (Å²) in [5.74, 6) is 0.340. The molecule has 0 unspecified atom stereocenters. The van der Waals surface area contributed by atoms with Gasteiger partial charge in [0, 0.05) is 11.1 Å². The van der Waals surface area contributed by atoms with Gasteiger partial charge in [0.25, 0.3) is 0 Å². The number of carbonyl (C=O) groups excluding carboxylic acids is 2. The zero-order valence-corrected chi connectivity index (χ0v) is 7.40. The van der Waals surface area contributed by atoms with E-state index in [0.29, 0.717) is 17.7 Å². The molecule has 14 heavy (non-hydrogen) atoms. The van der Waals surface area contributed by atoms with Crippen molar-refractivity contribution in [2.75, 3.05) is 0 Å². The first kappa shape index (κ1) is 8.69. The largest absolute Gasteiger partial charge is 0.426 e. The highest BCUT2D eigenvalue weighted by atomic mass is 16.5. The molecule has 0 aliphatic carbocycles. The van der Waals surface area contributed by atoms with Gasteiger partial charge in [-0.25, -0.2) is 0 Å². The topological polar surface area (TPSA) is 43.4 Å². The van der Waals surface area contributed by atoms with Crippen molar-refractivity contribution in [3.05, 3.63) is 41.5 Å². The Morgan fingerprint density at radius 1 is 1.21 bits per heavy atom. The van der Waals surface area contributed by atoms with E-state index in [1.54, 1.807) is 30.3 Å². The van der Waals surface area contributed by atoms with Gasteiger partial charge in [-0.3, -0.25) is 9.59 Å². The SMILES string of the molecule is O=Cc1ccc(C2=CCC(=O)O2)cc1. The molecule has 1 aromatic carbocycles. The normalized spacial score (nSPS) is 14.9. The maximum atomic E-state index is 10.8. The number of hydrogen-bond acceptors (Lipinski definition) is 3. The molecule has 70 valence electrons. The first-order chi connectivity index (χ1) is 6.79. The molecule has 0 N–H and O–H groups in total. The van der Waals surface area contributed by atoms with E-state index in [2.05, 4.69) is 0 Å². The minimum absolute atomic E-state index is 0.237. The minimum Gasteiger partial charge on any atom is -0.426 e. The summed E-state index contributed by atoms with van der Waals surface area (Å²) in [6.07, 6.45) is 2.84. The molecular formula is C11H8O3. The molecule has 2 rings (SSSR count). The Balaban J connectivity index is 2.25. The zero-order valence-electron chi connectivity index (χ0n) is 7.40. The Bertz CT molecular complexity index is 401. The van der Waals surface area contributed by atoms with Crippen molar-refractivity contribution < 1.29 is 14.3 Å². The summed E-state index contributed by atoms with van der Waals surface area (Å²) in [6, 6.07) is 6.90. The average Bonchev–Trinajstić information content (AvgIpc) is 2.65. The Morgan fingerprint density at radius 2 is 1.93 bits per heavy atom. The molecule has 3 nitrogen and oxygen atoms in total. The van der Waals surface area contributed by atoms with Crippen molar-refractivity contribution in [1.82, 2.24) is 0 Å². The summed E-state index contributed by atoms with van der Waals surface area (Å²) < 4.78 is 4.95. The quantitative estimate of drug-likeness (QED) is 0.525. The van der Waals surface area contributed by atoms with Crippen LogP contribution in [-0.2, 0) is 9.53 Å². The summed E-state index contributed by atoms with van der Waals surface area (Å²) >= 11 is 0. The number of carbonyl (C=O) groups is 2. The fraction of sp³-hybridized carbons (Fsp3) is 0.0909. The maximum Gasteiger partial charge on any atom is 0.315 e. The van der Waals surface area contributed by atoms with E-state index in [-0.39, 0.29) is 5.97 Å². The highest BCUT2D eigenvalue weighted by Crippen LogP contribution is 2.22. The summed E-state index contributed by atoms with van der Waals surface area (Å²) in [7, 11) is 0. The maximum absolute atomic E-state index is 10.8. The molecule has 0 amide bonds. The Morgan fingerprint density at radius 3 is 2.43 bits per heavy atom. The van der Waals surface area contributed by atoms with Crippen LogP contribution in [0, 0.1) is 0 Å². The predicted molar refractivity (Wildman–Crippen MR) is 50.5 cm³/mol. The molecular weight excluding hydrogens is 180 g/mol. The van der Waals surface area contributed by atoms with E-state index in [1.165, 1.54) is 0 Å². The molecule has 0 fully saturated rings. The fourth-order valence-corrected chi connectivity index (χ4v) is 1.28. The molecule has 0 atom stereocenters. The van der Waals surface area contributed by atoms with E-state index in [1.807, 2.05) is 0 Å². The number of ether oxygens (including phenoxy) is 1. The van der Waals surface area contributed by atoms with E-state index in [9.17, 15) is 9.59 Å². The van der Waals surface area contributed by atoms with E-state index >= 15 is 0 Å². The molecule has 0 aromatic heterocycles. The van der Waals surface area contributed by atoms with E-state index < -0.39 is 0 Å². The standard InChI is InChI=1S/C11H8O3/c12-7-8-1-3-9(4-2-8)10-5-6-11(13)14-10/h1-5,7H,6H2. The lowest BCUT2D eigenvalue weighted by molar-refractivity contribution is -0.134. The Hall–Kier alpha value is -1.90. The highest BCUT2D eigenvalue weighted by molar-refractivity contribution is 5.85. The van der Waals surface area contributed by atoms with Gasteiger partial charge < -0.3 is 4.74 Å². The summed E-state index contributed by atoms with van der Waals surface area (Å²) in [4.78, 5) is 21.2. The van der Waals surface area contributed by atoms with Gasteiger partial charge >= 0.3 is 5.97 Å². The number of cyclic esters (lactones) is 1. The van der Waals surface area contributed by atoms with Gasteiger partial charge in [-0.05, 0) is 6.08 Å². The van der Waals surface area contributed by atoms with Crippen LogP contribution in [0.5, 0.6) is 0 Å². The van der Waals surface area contributed by atoms with Crippen molar-refractivity contribution in [2.24, 2.45) is 0 Å². The number of aldehydes is 1. The second-order valence-electron chi connectivity index (χ2n) is 2.99. The first-order valence-corrected chi connectivity index (χ1v) is 4.26.